The van der Waals surface area contributed by atoms with E-state index in [4.69, 9.17) is 0 Å². The third-order valence-corrected chi connectivity index (χ3v) is 0. The second-order valence-corrected chi connectivity index (χ2v) is 4.50. The van der Waals surface area contributed by atoms with Crippen LogP contribution >= 0.6 is 24.8 Å². The van der Waals surface area contributed by atoms with Crippen LogP contribution in [-0.4, -0.2) is 27.6 Å². The molecule has 0 heterocycles. The van der Waals surface area contributed by atoms with Crippen molar-refractivity contribution in [2.45, 2.75) is 19.6 Å². The molecule has 0 aromatic carbocycles. The third-order valence-electron chi connectivity index (χ3n) is 0. The number of hydrogen-bond donors (Lipinski definition) is 1. The molecule has 0 saturated carbocycles. The Morgan fingerprint density at radius 3 is 1.00 bits per heavy atom. The van der Waals surface area contributed by atoms with Crippen molar-refractivity contribution in [3.8, 4) is 0 Å². The minimum absolute atomic E-state index is 0. The van der Waals surface area contributed by atoms with Crippen molar-refractivity contribution < 1.29 is 0 Å². The molecule has 2 N–H and O–H groups in total. The normalized spacial score (nSPS) is 5.12. The summed E-state index contributed by atoms with van der Waals surface area (Å²) in [7, 11) is 0.120. The molecule has 0 aliphatic heterocycles. The van der Waals surface area contributed by atoms with Gasteiger partial charge in [0.25, 0.3) is 0 Å². The Morgan fingerprint density at radius 1 is 1.00 bits per heavy atom. The number of rotatable bonds is 0. The summed E-state index contributed by atoms with van der Waals surface area (Å²) in [5, 5.41) is 0. The Labute approximate surface area is 76.4 Å². The van der Waals surface area contributed by atoms with Crippen molar-refractivity contribution in [3.05, 3.63) is 0 Å². The molecule has 8 heavy (non-hydrogen) atoms. The Balaban J connectivity index is -0.0000000183. The van der Waals surface area contributed by atoms with Crippen LogP contribution < -0.4 is 4.44 Å². The summed E-state index contributed by atoms with van der Waals surface area (Å²) in [6.07, 6.45) is 0. The van der Waals surface area contributed by atoms with Gasteiger partial charge in [0.1, 0.15) is 0 Å². The van der Waals surface area contributed by atoms with E-state index >= 15 is 0 Å². The zero-order chi connectivity index (χ0) is 5.58. The van der Waals surface area contributed by atoms with E-state index < -0.39 is 0 Å². The summed E-state index contributed by atoms with van der Waals surface area (Å²) >= 11 is 0.875. The van der Waals surface area contributed by atoms with Crippen LogP contribution in [0.1, 0.15) is 0 Å². The number of nitrogens with two attached hydrogens (primary N) is 1. The molecule has 1 nitrogen and oxygen atoms in total. The van der Waals surface area contributed by atoms with Crippen LogP contribution in [-0.2, 0) is 0 Å². The quantitative estimate of drug-likeness (QED) is 0.620. The monoisotopic (exact) mass is 231 g/mol. The molecule has 0 fully saturated rings. The fourth-order valence-electron chi connectivity index (χ4n) is 0. The standard InChI is InChI=1S/C3H9Si.2ClH.Ga.H2N.H/c1-4(2)3;;;;;/h1-3H3;2*1H;;1H2;/q;;;+1;-1;. The van der Waals surface area contributed by atoms with Gasteiger partial charge in [-0.2, -0.15) is 0 Å². The molecule has 0 atom stereocenters. The number of halogens is 2. The Hall–Kier alpha value is 1.39. The molecule has 2 radical (unpaired) electrons. The summed E-state index contributed by atoms with van der Waals surface area (Å²) in [4.78, 5) is 0. The van der Waals surface area contributed by atoms with Crippen LogP contribution in [0.2, 0.25) is 19.6 Å². The molecular formula is C3H14Cl2GaNSi. The first kappa shape index (κ1) is 22.7. The topological polar surface area (TPSA) is 26.0 Å². The predicted octanol–water partition coefficient (Wildman–Crippen LogP) is 0.975. The maximum absolute atomic E-state index is 4.62. The number of hydrogen-bond acceptors (Lipinski definition) is 1. The molecule has 0 aliphatic rings. The first-order valence-electron chi connectivity index (χ1n) is 1.91. The molecule has 0 aromatic heterocycles. The van der Waals surface area contributed by atoms with Gasteiger partial charge in [0, 0.05) is 8.80 Å². The van der Waals surface area contributed by atoms with E-state index in [1.807, 2.05) is 0 Å². The molecule has 0 bridgehead atoms. The first-order chi connectivity index (χ1) is 2.73. The second-order valence-electron chi connectivity index (χ2n) is 1.50. The van der Waals surface area contributed by atoms with Crippen molar-refractivity contribution in [1.29, 1.82) is 0 Å². The summed E-state index contributed by atoms with van der Waals surface area (Å²) in [5.74, 6) is 0. The maximum atomic E-state index is 4.62. The van der Waals surface area contributed by atoms with Gasteiger partial charge in [0.2, 0.25) is 0 Å². The Kier molecular flexibility index (Phi) is 67.6. The van der Waals surface area contributed by atoms with E-state index in [9.17, 15) is 0 Å². The van der Waals surface area contributed by atoms with E-state index in [1.54, 1.807) is 0 Å². The molecule has 0 amide bonds. The average Bonchev–Trinajstić information content (AvgIpc) is 1.41. The second kappa shape index (κ2) is 23.8. The molecule has 0 aromatic rings. The average molecular weight is 233 g/mol. The van der Waals surface area contributed by atoms with Gasteiger partial charge in [-0.15, -0.1) is 24.8 Å². The van der Waals surface area contributed by atoms with E-state index in [0.29, 0.717) is 0 Å². The van der Waals surface area contributed by atoms with Gasteiger partial charge >= 0.3 is 23.3 Å². The molecular weight excluding hydrogens is 219 g/mol. The van der Waals surface area contributed by atoms with Gasteiger partial charge in [0.15, 0.2) is 0 Å². The van der Waals surface area contributed by atoms with Gasteiger partial charge in [0.05, 0.1) is 0 Å². The van der Waals surface area contributed by atoms with Crippen LogP contribution in [0.25, 0.3) is 0 Å². The van der Waals surface area contributed by atoms with Gasteiger partial charge in [-0.1, -0.05) is 19.6 Å². The van der Waals surface area contributed by atoms with Crippen LogP contribution in [0.4, 0.5) is 0 Å². The zero-order valence-corrected chi connectivity index (χ0v) is 11.2. The van der Waals surface area contributed by atoms with Crippen molar-refractivity contribution in [3.63, 3.8) is 0 Å². The minimum atomic E-state index is 0. The van der Waals surface area contributed by atoms with E-state index in [2.05, 4.69) is 24.1 Å². The zero-order valence-electron chi connectivity index (χ0n) is 5.60. The van der Waals surface area contributed by atoms with Gasteiger partial charge < -0.3 is 0 Å². The molecule has 0 unspecified atom stereocenters. The Morgan fingerprint density at radius 2 is 1.00 bits per heavy atom. The van der Waals surface area contributed by atoms with Gasteiger partial charge in [-0.25, -0.2) is 0 Å². The summed E-state index contributed by atoms with van der Waals surface area (Å²) < 4.78 is 4.62. The molecule has 0 aliphatic carbocycles. The SMILES string of the molecule is C[Si](C)C.Cl.Cl.[NH2][GaH]. The van der Waals surface area contributed by atoms with E-state index in [-0.39, 0.29) is 33.6 Å². The fourth-order valence-corrected chi connectivity index (χ4v) is 0. The molecule has 0 rings (SSSR count). The summed E-state index contributed by atoms with van der Waals surface area (Å²) in [6.45, 7) is 6.81. The predicted molar refractivity (Wildman–Crippen MR) is 49.2 cm³/mol. The van der Waals surface area contributed by atoms with Gasteiger partial charge in [-0.05, 0) is 0 Å². The summed E-state index contributed by atoms with van der Waals surface area (Å²) in [6, 6.07) is 0. The molecule has 0 saturated heterocycles. The van der Waals surface area contributed by atoms with Crippen LogP contribution in [0.5, 0.6) is 0 Å². The van der Waals surface area contributed by atoms with Crippen molar-refractivity contribution >= 4 is 52.5 Å². The van der Waals surface area contributed by atoms with Crippen LogP contribution in [0, 0.1) is 0 Å². The van der Waals surface area contributed by atoms with Gasteiger partial charge in [-0.3, -0.25) is 0 Å². The summed E-state index contributed by atoms with van der Waals surface area (Å²) in [5.41, 5.74) is 0. The van der Waals surface area contributed by atoms with Crippen LogP contribution in [0.3, 0.4) is 0 Å². The third kappa shape index (κ3) is 156. The Bertz CT molecular complexity index is 22.0. The molecule has 0 spiro atoms. The fraction of sp³-hybridized carbons (Fsp3) is 1.00. The van der Waals surface area contributed by atoms with E-state index in [1.165, 1.54) is 0 Å². The molecule has 5 heteroatoms. The van der Waals surface area contributed by atoms with Crippen LogP contribution in [0.15, 0.2) is 0 Å². The van der Waals surface area contributed by atoms with Crippen molar-refractivity contribution in [1.82, 2.24) is 0 Å². The van der Waals surface area contributed by atoms with E-state index in [0.717, 1.165) is 18.8 Å². The molecule has 52 valence electrons. The first-order valence-corrected chi connectivity index (χ1v) is 6.62. The van der Waals surface area contributed by atoms with Crippen molar-refractivity contribution in [2.24, 2.45) is 4.44 Å². The van der Waals surface area contributed by atoms with Crippen molar-refractivity contribution in [2.75, 3.05) is 0 Å².